The fraction of sp³-hybridized carbons (Fsp3) is 0.200. The molecule has 0 saturated heterocycles. The number of carbonyl (C=O) groups excluding carboxylic acids is 2. The molecular weight excluding hydrogens is 208 g/mol. The van der Waals surface area contributed by atoms with Gasteiger partial charge in [0.1, 0.15) is 0 Å². The molecule has 3 amide bonds. The second-order valence-corrected chi connectivity index (χ2v) is 3.39. The Kier molecular flexibility index (Phi) is 3.71. The van der Waals surface area contributed by atoms with Crippen LogP contribution in [-0.4, -0.2) is 26.0 Å². The number of rotatable bonds is 2. The first-order chi connectivity index (χ1) is 7.50. The van der Waals surface area contributed by atoms with Gasteiger partial charge in [0.15, 0.2) is 0 Å². The minimum atomic E-state index is -0.808. The van der Waals surface area contributed by atoms with Gasteiger partial charge in [-0.1, -0.05) is 6.07 Å². The Labute approximate surface area is 93.4 Å². The van der Waals surface area contributed by atoms with Gasteiger partial charge in [-0.2, -0.15) is 0 Å². The Balaban J connectivity index is 2.75. The number of primary amides is 1. The third kappa shape index (κ3) is 3.16. The largest absolute Gasteiger partial charge is 0.378 e. The van der Waals surface area contributed by atoms with E-state index in [9.17, 15) is 9.59 Å². The van der Waals surface area contributed by atoms with Gasteiger partial charge in [0.2, 0.25) is 0 Å². The van der Waals surface area contributed by atoms with E-state index in [-0.39, 0.29) is 0 Å². The predicted molar refractivity (Wildman–Crippen MR) is 61.0 cm³/mol. The van der Waals surface area contributed by atoms with Crippen molar-refractivity contribution in [1.29, 1.82) is 0 Å². The van der Waals surface area contributed by atoms with E-state index >= 15 is 0 Å². The van der Waals surface area contributed by atoms with Crippen molar-refractivity contribution in [2.45, 2.75) is 0 Å². The number of nitrogens with two attached hydrogens (primary N) is 1. The Morgan fingerprint density at radius 2 is 1.94 bits per heavy atom. The van der Waals surface area contributed by atoms with Crippen molar-refractivity contribution in [3.63, 3.8) is 0 Å². The molecule has 1 rings (SSSR count). The summed E-state index contributed by atoms with van der Waals surface area (Å²) in [5.74, 6) is -0.414. The molecular formula is C10H14N4O2. The van der Waals surface area contributed by atoms with Crippen molar-refractivity contribution in [2.75, 3.05) is 19.0 Å². The topological polar surface area (TPSA) is 87.5 Å². The second-order valence-electron chi connectivity index (χ2n) is 3.39. The van der Waals surface area contributed by atoms with Crippen LogP contribution in [0.25, 0.3) is 0 Å². The highest BCUT2D eigenvalue weighted by Crippen LogP contribution is 2.12. The summed E-state index contributed by atoms with van der Waals surface area (Å²) in [6, 6.07) is 6.17. The number of amides is 3. The van der Waals surface area contributed by atoms with E-state index in [0.717, 1.165) is 5.69 Å². The fourth-order valence-electron chi connectivity index (χ4n) is 1.12. The molecule has 4 N–H and O–H groups in total. The highest BCUT2D eigenvalue weighted by atomic mass is 16.2. The molecule has 0 radical (unpaired) electrons. The van der Waals surface area contributed by atoms with Crippen LogP contribution in [0.2, 0.25) is 0 Å². The van der Waals surface area contributed by atoms with Crippen molar-refractivity contribution >= 4 is 17.6 Å². The van der Waals surface area contributed by atoms with Gasteiger partial charge in [-0.25, -0.2) is 10.2 Å². The maximum absolute atomic E-state index is 11.5. The fourth-order valence-corrected chi connectivity index (χ4v) is 1.12. The average Bonchev–Trinajstić information content (AvgIpc) is 2.26. The van der Waals surface area contributed by atoms with Crippen LogP contribution in [0.3, 0.4) is 0 Å². The van der Waals surface area contributed by atoms with Gasteiger partial charge in [-0.15, -0.1) is 0 Å². The number of benzene rings is 1. The number of carbonyl (C=O) groups is 2. The number of anilines is 1. The van der Waals surface area contributed by atoms with Crippen molar-refractivity contribution in [1.82, 2.24) is 10.9 Å². The molecule has 0 atom stereocenters. The summed E-state index contributed by atoms with van der Waals surface area (Å²) in [6.07, 6.45) is 0. The number of hydrazine groups is 1. The van der Waals surface area contributed by atoms with Crippen LogP contribution in [0, 0.1) is 0 Å². The Morgan fingerprint density at radius 1 is 1.25 bits per heavy atom. The Bertz CT molecular complexity index is 404. The lowest BCUT2D eigenvalue weighted by Crippen LogP contribution is -2.44. The number of hydrogen-bond donors (Lipinski definition) is 3. The van der Waals surface area contributed by atoms with E-state index in [1.54, 1.807) is 18.2 Å². The molecule has 6 heteroatoms. The molecule has 1 aromatic carbocycles. The van der Waals surface area contributed by atoms with Crippen LogP contribution >= 0.6 is 0 Å². The zero-order valence-corrected chi connectivity index (χ0v) is 9.15. The van der Waals surface area contributed by atoms with Gasteiger partial charge in [-0.3, -0.25) is 10.2 Å². The monoisotopic (exact) mass is 222 g/mol. The summed E-state index contributed by atoms with van der Waals surface area (Å²) in [6.45, 7) is 0. The molecule has 16 heavy (non-hydrogen) atoms. The number of hydrogen-bond acceptors (Lipinski definition) is 3. The van der Waals surface area contributed by atoms with Crippen LogP contribution in [0.15, 0.2) is 24.3 Å². The molecule has 0 saturated carbocycles. The lowest BCUT2D eigenvalue weighted by Gasteiger charge is -2.13. The van der Waals surface area contributed by atoms with Gasteiger partial charge >= 0.3 is 6.03 Å². The van der Waals surface area contributed by atoms with Crippen molar-refractivity contribution in [3.05, 3.63) is 29.8 Å². The Hall–Kier alpha value is -2.24. The molecule has 0 heterocycles. The van der Waals surface area contributed by atoms with Crippen LogP contribution in [0.5, 0.6) is 0 Å². The van der Waals surface area contributed by atoms with Crippen LogP contribution in [0.4, 0.5) is 10.5 Å². The van der Waals surface area contributed by atoms with Crippen molar-refractivity contribution in [2.24, 2.45) is 5.73 Å². The first-order valence-electron chi connectivity index (χ1n) is 4.64. The van der Waals surface area contributed by atoms with Crippen molar-refractivity contribution in [3.8, 4) is 0 Å². The van der Waals surface area contributed by atoms with Crippen LogP contribution in [0.1, 0.15) is 10.4 Å². The van der Waals surface area contributed by atoms with E-state index in [1.807, 2.05) is 30.5 Å². The third-order valence-electron chi connectivity index (χ3n) is 1.92. The zero-order valence-electron chi connectivity index (χ0n) is 9.15. The maximum Gasteiger partial charge on any atom is 0.330 e. The molecule has 0 aliphatic rings. The lowest BCUT2D eigenvalue weighted by atomic mass is 10.2. The third-order valence-corrected chi connectivity index (χ3v) is 1.92. The molecule has 0 bridgehead atoms. The van der Waals surface area contributed by atoms with Crippen molar-refractivity contribution < 1.29 is 9.59 Å². The lowest BCUT2D eigenvalue weighted by molar-refractivity contribution is 0.0937. The zero-order chi connectivity index (χ0) is 12.1. The normalized spacial score (nSPS) is 9.38. The number of urea groups is 1. The minimum absolute atomic E-state index is 0.414. The van der Waals surface area contributed by atoms with E-state index in [2.05, 4.69) is 5.43 Å². The van der Waals surface area contributed by atoms with E-state index in [0.29, 0.717) is 5.56 Å². The molecule has 0 aromatic heterocycles. The van der Waals surface area contributed by atoms with E-state index in [4.69, 9.17) is 5.73 Å². The molecule has 0 spiro atoms. The van der Waals surface area contributed by atoms with Crippen LogP contribution < -0.4 is 21.5 Å². The first kappa shape index (κ1) is 11.8. The summed E-state index contributed by atoms with van der Waals surface area (Å²) >= 11 is 0. The van der Waals surface area contributed by atoms with Gasteiger partial charge in [0.05, 0.1) is 0 Å². The van der Waals surface area contributed by atoms with E-state index in [1.165, 1.54) is 0 Å². The molecule has 0 unspecified atom stereocenters. The number of nitrogens with zero attached hydrogens (tertiary/aromatic N) is 1. The summed E-state index contributed by atoms with van der Waals surface area (Å²) in [5.41, 5.74) is 10.4. The quantitative estimate of drug-likeness (QED) is 0.618. The molecule has 0 aliphatic carbocycles. The SMILES string of the molecule is CN(C)c1cccc(C(=O)NNC(N)=O)c1. The summed E-state index contributed by atoms with van der Waals surface area (Å²) in [7, 11) is 3.75. The predicted octanol–water partition coefficient (Wildman–Crippen LogP) is 0.0657. The van der Waals surface area contributed by atoms with Gasteiger partial charge in [0.25, 0.3) is 5.91 Å². The molecule has 6 nitrogen and oxygen atoms in total. The first-order valence-corrected chi connectivity index (χ1v) is 4.64. The molecule has 0 fully saturated rings. The molecule has 86 valence electrons. The van der Waals surface area contributed by atoms with E-state index < -0.39 is 11.9 Å². The maximum atomic E-state index is 11.5. The second kappa shape index (κ2) is 5.01. The standard InChI is InChI=1S/C10H14N4O2/c1-14(2)8-5-3-4-7(6-8)9(15)12-13-10(11)16/h3-6H,1-2H3,(H,12,15)(H3,11,13,16). The Morgan fingerprint density at radius 3 is 2.50 bits per heavy atom. The highest BCUT2D eigenvalue weighted by molar-refractivity contribution is 5.95. The van der Waals surface area contributed by atoms with Crippen LogP contribution in [-0.2, 0) is 0 Å². The summed E-state index contributed by atoms with van der Waals surface area (Å²) in [5, 5.41) is 0. The minimum Gasteiger partial charge on any atom is -0.378 e. The average molecular weight is 222 g/mol. The summed E-state index contributed by atoms with van der Waals surface area (Å²) < 4.78 is 0. The number of nitrogens with one attached hydrogen (secondary N) is 2. The highest BCUT2D eigenvalue weighted by Gasteiger charge is 2.06. The van der Waals surface area contributed by atoms with Gasteiger partial charge < -0.3 is 10.6 Å². The van der Waals surface area contributed by atoms with Gasteiger partial charge in [0, 0.05) is 25.3 Å². The summed E-state index contributed by atoms with van der Waals surface area (Å²) in [4.78, 5) is 23.8. The molecule has 1 aromatic rings. The smallest absolute Gasteiger partial charge is 0.330 e. The van der Waals surface area contributed by atoms with Gasteiger partial charge in [-0.05, 0) is 18.2 Å². The molecule has 0 aliphatic heterocycles.